The lowest BCUT2D eigenvalue weighted by molar-refractivity contribution is -0.140. The van der Waals surface area contributed by atoms with Crippen molar-refractivity contribution in [3.63, 3.8) is 0 Å². The van der Waals surface area contributed by atoms with Crippen LogP contribution in [0.4, 0.5) is 0 Å². The van der Waals surface area contributed by atoms with Crippen molar-refractivity contribution in [1.82, 2.24) is 24.5 Å². The number of hydrogen-bond donors (Lipinski definition) is 0. The normalized spacial score (nSPS) is 22.8. The van der Waals surface area contributed by atoms with E-state index in [1.807, 2.05) is 11.8 Å². The first-order valence-corrected chi connectivity index (χ1v) is 11.6. The number of hydrogen-bond acceptors (Lipinski definition) is 5. The van der Waals surface area contributed by atoms with E-state index in [0.29, 0.717) is 31.2 Å². The number of carbonyl (C=O) groups excluding carboxylic acids is 2. The van der Waals surface area contributed by atoms with Crippen molar-refractivity contribution in [2.75, 3.05) is 52.5 Å². The van der Waals surface area contributed by atoms with Gasteiger partial charge in [-0.2, -0.15) is 5.10 Å². The Bertz CT molecular complexity index is 726. The third-order valence-electron chi connectivity index (χ3n) is 6.84. The molecule has 3 aliphatic rings. The minimum Gasteiger partial charge on any atom is -0.379 e. The third-order valence-corrected chi connectivity index (χ3v) is 6.84. The summed E-state index contributed by atoms with van der Waals surface area (Å²) in [7, 11) is 0. The molecule has 1 aliphatic carbocycles. The van der Waals surface area contributed by atoms with Crippen molar-refractivity contribution in [1.29, 1.82) is 0 Å². The number of aryl methyl sites for hydroxylation is 1. The smallest absolute Gasteiger partial charge is 0.272 e. The molecule has 1 saturated carbocycles. The predicted octanol–water partition coefficient (Wildman–Crippen LogP) is 1.47. The van der Waals surface area contributed by atoms with Crippen LogP contribution in [0.15, 0.2) is 12.3 Å². The second-order valence-electron chi connectivity index (χ2n) is 8.69. The molecule has 30 heavy (non-hydrogen) atoms. The minimum absolute atomic E-state index is 0.0289. The molecule has 0 aromatic carbocycles. The van der Waals surface area contributed by atoms with Gasteiger partial charge in [0.05, 0.1) is 19.3 Å². The molecule has 0 N–H and O–H groups in total. The van der Waals surface area contributed by atoms with Gasteiger partial charge in [0.25, 0.3) is 5.91 Å². The van der Waals surface area contributed by atoms with Crippen LogP contribution in [-0.2, 0) is 16.1 Å². The quantitative estimate of drug-likeness (QED) is 0.641. The van der Waals surface area contributed by atoms with Gasteiger partial charge in [-0.1, -0.05) is 6.42 Å². The molecular weight excluding hydrogens is 382 g/mol. The number of amides is 2. The summed E-state index contributed by atoms with van der Waals surface area (Å²) >= 11 is 0. The molecule has 166 valence electrons. The molecule has 2 amide bonds. The fraction of sp³-hybridized carbons (Fsp3) is 0.773. The molecule has 0 spiro atoms. The van der Waals surface area contributed by atoms with Gasteiger partial charge < -0.3 is 14.5 Å². The maximum Gasteiger partial charge on any atom is 0.272 e. The van der Waals surface area contributed by atoms with Gasteiger partial charge in [0, 0.05) is 57.9 Å². The molecule has 1 unspecified atom stereocenters. The molecule has 2 aliphatic heterocycles. The summed E-state index contributed by atoms with van der Waals surface area (Å²) in [6.07, 6.45) is 6.72. The Morgan fingerprint density at radius 1 is 1.20 bits per heavy atom. The number of likely N-dealkylation sites (tertiary alicyclic amines) is 1. The van der Waals surface area contributed by atoms with E-state index in [-0.39, 0.29) is 17.9 Å². The zero-order valence-electron chi connectivity index (χ0n) is 18.2. The second-order valence-corrected chi connectivity index (χ2v) is 8.69. The maximum absolute atomic E-state index is 13.2. The minimum atomic E-state index is 0.0289. The van der Waals surface area contributed by atoms with E-state index in [2.05, 4.69) is 14.9 Å². The molecule has 8 heteroatoms. The highest BCUT2D eigenvalue weighted by Gasteiger charge is 2.37. The average molecular weight is 418 g/mol. The van der Waals surface area contributed by atoms with Crippen LogP contribution < -0.4 is 0 Å². The summed E-state index contributed by atoms with van der Waals surface area (Å²) in [6.45, 7) is 9.36. The van der Waals surface area contributed by atoms with Crippen LogP contribution in [0.5, 0.6) is 0 Å². The largest absolute Gasteiger partial charge is 0.379 e. The number of nitrogens with zero attached hydrogens (tertiary/aromatic N) is 5. The SMILES string of the molecule is CCn1nccc1C(=O)N1CCC(N(CCCN2CCOCC2)C(=O)C2CCC2)C1. The molecule has 1 aromatic rings. The maximum atomic E-state index is 13.2. The van der Waals surface area contributed by atoms with E-state index in [1.165, 1.54) is 0 Å². The number of carbonyl (C=O) groups is 2. The molecule has 1 atom stereocenters. The van der Waals surface area contributed by atoms with Crippen LogP contribution >= 0.6 is 0 Å². The van der Waals surface area contributed by atoms with E-state index >= 15 is 0 Å². The molecule has 3 fully saturated rings. The number of rotatable bonds is 8. The highest BCUT2D eigenvalue weighted by atomic mass is 16.5. The summed E-state index contributed by atoms with van der Waals surface area (Å²) in [5, 5.41) is 4.23. The van der Waals surface area contributed by atoms with Crippen LogP contribution in [0.25, 0.3) is 0 Å². The van der Waals surface area contributed by atoms with Crippen molar-refractivity contribution in [3.05, 3.63) is 18.0 Å². The van der Waals surface area contributed by atoms with Crippen molar-refractivity contribution >= 4 is 11.8 Å². The highest BCUT2D eigenvalue weighted by molar-refractivity contribution is 5.92. The molecule has 3 heterocycles. The van der Waals surface area contributed by atoms with Gasteiger partial charge in [-0.3, -0.25) is 19.2 Å². The van der Waals surface area contributed by atoms with Crippen LogP contribution in [0.2, 0.25) is 0 Å². The Balaban J connectivity index is 1.36. The van der Waals surface area contributed by atoms with Gasteiger partial charge in [0.15, 0.2) is 0 Å². The second kappa shape index (κ2) is 9.92. The van der Waals surface area contributed by atoms with E-state index in [4.69, 9.17) is 4.74 Å². The summed E-state index contributed by atoms with van der Waals surface area (Å²) in [6, 6.07) is 1.92. The predicted molar refractivity (Wildman–Crippen MR) is 113 cm³/mol. The Morgan fingerprint density at radius 2 is 2.00 bits per heavy atom. The first kappa shape index (κ1) is 21.3. The van der Waals surface area contributed by atoms with Crippen molar-refractivity contribution in [2.24, 2.45) is 5.92 Å². The van der Waals surface area contributed by atoms with E-state index in [0.717, 1.165) is 71.5 Å². The molecule has 4 rings (SSSR count). The number of ether oxygens (including phenoxy) is 1. The van der Waals surface area contributed by atoms with Crippen LogP contribution in [-0.4, -0.2) is 94.8 Å². The van der Waals surface area contributed by atoms with Gasteiger partial charge >= 0.3 is 0 Å². The van der Waals surface area contributed by atoms with Gasteiger partial charge in [-0.25, -0.2) is 0 Å². The monoisotopic (exact) mass is 417 g/mol. The zero-order valence-corrected chi connectivity index (χ0v) is 18.2. The Labute approximate surface area is 179 Å². The van der Waals surface area contributed by atoms with Gasteiger partial charge in [-0.15, -0.1) is 0 Å². The molecule has 0 radical (unpaired) electrons. The van der Waals surface area contributed by atoms with Crippen LogP contribution in [0.3, 0.4) is 0 Å². The first-order chi connectivity index (χ1) is 14.7. The lowest BCUT2D eigenvalue weighted by Crippen LogP contribution is -2.48. The lowest BCUT2D eigenvalue weighted by Gasteiger charge is -2.36. The van der Waals surface area contributed by atoms with E-state index < -0.39 is 0 Å². The van der Waals surface area contributed by atoms with Gasteiger partial charge in [0.1, 0.15) is 5.69 Å². The van der Waals surface area contributed by atoms with Crippen LogP contribution in [0, 0.1) is 5.92 Å². The number of aromatic nitrogens is 2. The molecule has 0 bridgehead atoms. The molecule has 8 nitrogen and oxygen atoms in total. The highest BCUT2D eigenvalue weighted by Crippen LogP contribution is 2.30. The van der Waals surface area contributed by atoms with E-state index in [1.54, 1.807) is 16.9 Å². The summed E-state index contributed by atoms with van der Waals surface area (Å²) < 4.78 is 7.18. The van der Waals surface area contributed by atoms with Gasteiger partial charge in [-0.05, 0) is 38.7 Å². The Morgan fingerprint density at radius 3 is 2.70 bits per heavy atom. The molecule has 2 saturated heterocycles. The summed E-state index contributed by atoms with van der Waals surface area (Å²) in [5.74, 6) is 0.530. The lowest BCUT2D eigenvalue weighted by atomic mass is 9.84. The van der Waals surface area contributed by atoms with Gasteiger partial charge in [0.2, 0.25) is 5.91 Å². The van der Waals surface area contributed by atoms with Crippen LogP contribution in [0.1, 0.15) is 49.5 Å². The standard InChI is InChI=1S/C22H35N5O3/c1-2-27-20(7-9-23-27)22(29)25-12-8-19(17-25)26(21(28)18-5-3-6-18)11-4-10-24-13-15-30-16-14-24/h7,9,18-19H,2-6,8,10-17H2,1H3. The fourth-order valence-electron chi connectivity index (χ4n) is 4.76. The summed E-state index contributed by atoms with van der Waals surface area (Å²) in [4.78, 5) is 32.6. The van der Waals surface area contributed by atoms with Crippen molar-refractivity contribution < 1.29 is 14.3 Å². The Hall–Kier alpha value is -1.93. The van der Waals surface area contributed by atoms with E-state index in [9.17, 15) is 9.59 Å². The van der Waals surface area contributed by atoms with Crippen molar-refractivity contribution in [3.8, 4) is 0 Å². The average Bonchev–Trinajstić information content (AvgIpc) is 3.39. The topological polar surface area (TPSA) is 70.9 Å². The summed E-state index contributed by atoms with van der Waals surface area (Å²) in [5.41, 5.74) is 0.641. The fourth-order valence-corrected chi connectivity index (χ4v) is 4.76. The first-order valence-electron chi connectivity index (χ1n) is 11.6. The number of morpholine rings is 1. The zero-order chi connectivity index (χ0) is 20.9. The third kappa shape index (κ3) is 4.70. The molecule has 1 aromatic heterocycles. The van der Waals surface area contributed by atoms with Crippen molar-refractivity contribution in [2.45, 2.75) is 51.6 Å². The Kier molecular flexibility index (Phi) is 7.04. The molecular formula is C22H35N5O3.